The van der Waals surface area contributed by atoms with Crippen LogP contribution in [0.2, 0.25) is 0 Å². The molecule has 0 amide bonds. The van der Waals surface area contributed by atoms with Crippen LogP contribution in [0, 0.1) is 17.2 Å². The van der Waals surface area contributed by atoms with E-state index in [2.05, 4.69) is 50.2 Å². The number of aliphatic carboxylic acids is 1. The second-order valence-electron chi connectivity index (χ2n) is 13.9. The molecule has 4 aromatic heterocycles. The van der Waals surface area contributed by atoms with Crippen molar-refractivity contribution in [3.63, 3.8) is 0 Å². The van der Waals surface area contributed by atoms with Crippen molar-refractivity contribution in [3.05, 3.63) is 40.4 Å². The molecule has 1 fully saturated rings. The van der Waals surface area contributed by atoms with Gasteiger partial charge in [0.1, 0.15) is 16.8 Å². The van der Waals surface area contributed by atoms with Crippen LogP contribution < -0.4 is 15.4 Å². The first-order valence-electron chi connectivity index (χ1n) is 17.3. The molecule has 3 N–H and O–H groups in total. The summed E-state index contributed by atoms with van der Waals surface area (Å²) >= 11 is 1.48. The number of rotatable bonds is 12. The van der Waals surface area contributed by atoms with Crippen LogP contribution in [0.4, 0.5) is 10.9 Å². The molecular weight excluding hydrogens is 659 g/mol. The zero-order valence-corrected chi connectivity index (χ0v) is 30.1. The number of nitriles is 1. The summed E-state index contributed by atoms with van der Waals surface area (Å²) in [6, 6.07) is 3.48. The molecule has 0 bridgehead atoms. The van der Waals surface area contributed by atoms with E-state index in [-0.39, 0.29) is 18.1 Å². The van der Waals surface area contributed by atoms with Crippen molar-refractivity contribution < 1.29 is 19.2 Å². The standard InChI is InChI=1S/C34H45N11O4S/c1-20(2)28(31(46)47)45-19-26(40-42-45)48-22(4)9-7-14-43-15-8-16-44(21(3)18-43)33-37-13-11-24(38-33)30-39-32(49-41-30)34(5)12-6-10-25-27(34)23(17-35)29(36)50-25/h11,13,19-22,28H,6-10,12,14-16,18,36H2,1-5H3,(H,46,47)/t21-,22?,28-,34-/m0/s1. The summed E-state index contributed by atoms with van der Waals surface area (Å²) in [6.07, 6.45) is 8.55. The van der Waals surface area contributed by atoms with Gasteiger partial charge < -0.3 is 29.9 Å². The second kappa shape index (κ2) is 14.7. The molecule has 0 saturated carbocycles. The van der Waals surface area contributed by atoms with Crippen LogP contribution in [-0.4, -0.2) is 89.4 Å². The number of thiophene rings is 1. The first-order valence-corrected chi connectivity index (χ1v) is 18.1. The molecule has 4 atom stereocenters. The zero-order valence-electron chi connectivity index (χ0n) is 29.2. The first kappa shape index (κ1) is 35.2. The zero-order chi connectivity index (χ0) is 35.6. The summed E-state index contributed by atoms with van der Waals surface area (Å²) in [5, 5.41) is 32.3. The number of ether oxygens (including phenoxy) is 1. The van der Waals surface area contributed by atoms with Crippen LogP contribution in [0.5, 0.6) is 5.88 Å². The van der Waals surface area contributed by atoms with Crippen molar-refractivity contribution in [2.45, 2.75) is 96.7 Å². The number of hydrogen-bond donors (Lipinski definition) is 2. The summed E-state index contributed by atoms with van der Waals surface area (Å²) < 4.78 is 13.2. The lowest BCUT2D eigenvalue weighted by molar-refractivity contribution is -0.142. The normalized spacial score (nSPS) is 21.0. The van der Waals surface area contributed by atoms with Crippen molar-refractivity contribution in [2.24, 2.45) is 5.92 Å². The van der Waals surface area contributed by atoms with Gasteiger partial charge in [0.15, 0.2) is 6.04 Å². The molecule has 266 valence electrons. The molecule has 15 nitrogen and oxygen atoms in total. The van der Waals surface area contributed by atoms with E-state index in [9.17, 15) is 15.2 Å². The fourth-order valence-electron chi connectivity index (χ4n) is 7.24. The Bertz CT molecular complexity index is 1850. The number of nitrogens with zero attached hydrogens (tertiary/aromatic N) is 10. The van der Waals surface area contributed by atoms with Crippen LogP contribution in [0.1, 0.15) is 94.7 Å². The van der Waals surface area contributed by atoms with Crippen molar-refractivity contribution in [1.29, 1.82) is 5.26 Å². The highest BCUT2D eigenvalue weighted by Gasteiger charge is 2.43. The van der Waals surface area contributed by atoms with Crippen molar-refractivity contribution >= 4 is 28.3 Å². The summed E-state index contributed by atoms with van der Waals surface area (Å²) in [5.74, 6) is 0.742. The highest BCUT2D eigenvalue weighted by molar-refractivity contribution is 7.16. The van der Waals surface area contributed by atoms with Gasteiger partial charge >= 0.3 is 5.97 Å². The van der Waals surface area contributed by atoms with Gasteiger partial charge in [-0.3, -0.25) is 0 Å². The van der Waals surface area contributed by atoms with Gasteiger partial charge in [0.25, 0.3) is 5.88 Å². The Balaban J connectivity index is 1.05. The van der Waals surface area contributed by atoms with Crippen molar-refractivity contribution in [1.82, 2.24) is 40.0 Å². The minimum absolute atomic E-state index is 0.0929. The van der Waals surface area contributed by atoms with E-state index in [0.29, 0.717) is 39.8 Å². The largest absolute Gasteiger partial charge is 0.480 e. The molecule has 1 saturated heterocycles. The Hall–Kier alpha value is -4.62. The number of carboxylic acids is 1. The lowest BCUT2D eigenvalue weighted by atomic mass is 9.72. The third-order valence-electron chi connectivity index (χ3n) is 9.77. The highest BCUT2D eigenvalue weighted by Crippen LogP contribution is 2.48. The summed E-state index contributed by atoms with van der Waals surface area (Å²) in [5.41, 5.74) is 7.63. The number of hydrogen-bond acceptors (Lipinski definition) is 14. The molecule has 1 aliphatic carbocycles. The Morgan fingerprint density at radius 2 is 2.10 bits per heavy atom. The number of anilines is 2. The Labute approximate surface area is 295 Å². The fraction of sp³-hybridized carbons (Fsp3) is 0.588. The molecule has 0 radical (unpaired) electrons. The number of carboxylic acid groups (broad SMARTS) is 1. The predicted octanol–water partition coefficient (Wildman–Crippen LogP) is 4.71. The molecule has 1 unspecified atom stereocenters. The van der Waals surface area contributed by atoms with E-state index in [1.54, 1.807) is 18.5 Å². The SMILES string of the molecule is CC(CCCN1CCCN(c2nccc(-c3noc([C@@]4(C)CCCc5sc(N)c(C#N)c54)n3)n2)[C@@H](C)C1)Oc1cn([C@H](C(=O)O)C(C)C)nn1. The molecule has 4 aromatic rings. The predicted molar refractivity (Wildman–Crippen MR) is 187 cm³/mol. The highest BCUT2D eigenvalue weighted by atomic mass is 32.1. The summed E-state index contributed by atoms with van der Waals surface area (Å²) in [4.78, 5) is 31.8. The number of carbonyl (C=O) groups is 1. The minimum atomic E-state index is -0.945. The van der Waals surface area contributed by atoms with Gasteiger partial charge in [-0.05, 0) is 84.4 Å². The van der Waals surface area contributed by atoms with Crippen LogP contribution in [-0.2, 0) is 16.6 Å². The van der Waals surface area contributed by atoms with Gasteiger partial charge in [-0.2, -0.15) is 10.2 Å². The molecule has 2 aliphatic rings. The van der Waals surface area contributed by atoms with E-state index >= 15 is 0 Å². The van der Waals surface area contributed by atoms with Gasteiger partial charge in [-0.15, -0.1) is 11.3 Å². The number of nitrogens with two attached hydrogens (primary N) is 1. The molecule has 5 heterocycles. The Morgan fingerprint density at radius 1 is 1.28 bits per heavy atom. The van der Waals surface area contributed by atoms with E-state index < -0.39 is 17.4 Å². The van der Waals surface area contributed by atoms with Crippen LogP contribution in [0.3, 0.4) is 0 Å². The van der Waals surface area contributed by atoms with E-state index in [0.717, 1.165) is 75.1 Å². The van der Waals surface area contributed by atoms with E-state index in [4.69, 9.17) is 25.0 Å². The molecule has 1 aliphatic heterocycles. The van der Waals surface area contributed by atoms with Crippen molar-refractivity contribution in [3.8, 4) is 23.5 Å². The smallest absolute Gasteiger partial charge is 0.328 e. The maximum atomic E-state index is 11.6. The Kier molecular flexibility index (Phi) is 10.4. The number of fused-ring (bicyclic) bond motifs is 1. The maximum absolute atomic E-state index is 11.6. The quantitative estimate of drug-likeness (QED) is 0.206. The topological polar surface area (TPSA) is 198 Å². The third kappa shape index (κ3) is 7.15. The third-order valence-corrected chi connectivity index (χ3v) is 10.9. The van der Waals surface area contributed by atoms with Gasteiger partial charge in [0.05, 0.1) is 23.3 Å². The first-order chi connectivity index (χ1) is 24.0. The molecule has 0 spiro atoms. The molecule has 6 rings (SSSR count). The lowest BCUT2D eigenvalue weighted by Crippen LogP contribution is -2.40. The number of aryl methyl sites for hydroxylation is 1. The van der Waals surface area contributed by atoms with E-state index in [1.807, 2.05) is 20.8 Å². The number of aromatic nitrogens is 7. The van der Waals surface area contributed by atoms with Crippen LogP contribution in [0.15, 0.2) is 23.0 Å². The average molecular weight is 704 g/mol. The molecule has 50 heavy (non-hydrogen) atoms. The summed E-state index contributed by atoms with van der Waals surface area (Å²) in [6.45, 7) is 13.5. The van der Waals surface area contributed by atoms with Crippen LogP contribution >= 0.6 is 11.3 Å². The molecular formula is C34H45N11O4S. The van der Waals surface area contributed by atoms with Crippen molar-refractivity contribution in [2.75, 3.05) is 36.8 Å². The lowest BCUT2D eigenvalue weighted by Gasteiger charge is -2.30. The average Bonchev–Trinajstić information content (AvgIpc) is 3.79. The molecule has 0 aromatic carbocycles. The Morgan fingerprint density at radius 3 is 2.86 bits per heavy atom. The minimum Gasteiger partial charge on any atom is -0.480 e. The van der Waals surface area contributed by atoms with Gasteiger partial charge in [-0.1, -0.05) is 29.3 Å². The van der Waals surface area contributed by atoms with Crippen LogP contribution in [0.25, 0.3) is 11.5 Å². The van der Waals surface area contributed by atoms with Gasteiger partial charge in [0, 0.05) is 35.8 Å². The van der Waals surface area contributed by atoms with Gasteiger partial charge in [-0.25, -0.2) is 19.4 Å². The van der Waals surface area contributed by atoms with E-state index in [1.165, 1.54) is 16.0 Å². The second-order valence-corrected chi connectivity index (χ2v) is 15.1. The fourth-order valence-corrected chi connectivity index (χ4v) is 8.43. The monoisotopic (exact) mass is 703 g/mol. The maximum Gasteiger partial charge on any atom is 0.328 e. The number of nitrogen functional groups attached to an aromatic ring is 1. The summed E-state index contributed by atoms with van der Waals surface area (Å²) in [7, 11) is 0. The molecule has 16 heteroatoms. The van der Waals surface area contributed by atoms with Gasteiger partial charge in [0.2, 0.25) is 17.7 Å².